The molecule has 5 nitrogen and oxygen atoms in total. The van der Waals surface area contributed by atoms with E-state index in [4.69, 9.17) is 9.47 Å². The van der Waals surface area contributed by atoms with Crippen molar-refractivity contribution in [2.75, 3.05) is 13.2 Å². The van der Waals surface area contributed by atoms with Gasteiger partial charge in [-0.2, -0.15) is 5.10 Å². The summed E-state index contributed by atoms with van der Waals surface area (Å²) in [5.74, 6) is 0.818. The largest absolute Gasteiger partial charge is 0.346 e. The molecule has 0 saturated carbocycles. The van der Waals surface area contributed by atoms with Crippen LogP contribution in [0.1, 0.15) is 24.5 Å². The molecule has 0 bridgehead atoms. The van der Waals surface area contributed by atoms with Crippen LogP contribution in [-0.2, 0) is 15.9 Å². The number of hydrogen-bond donors (Lipinski definition) is 0. The lowest BCUT2D eigenvalue weighted by Gasteiger charge is -2.10. The minimum atomic E-state index is -0.269. The van der Waals surface area contributed by atoms with Crippen LogP contribution in [0.25, 0.3) is 5.82 Å². The topological polar surface area (TPSA) is 49.2 Å². The number of aromatic nitrogens is 3. The number of ether oxygens (including phenoxy) is 2. The van der Waals surface area contributed by atoms with E-state index in [0.717, 1.165) is 23.5 Å². The summed E-state index contributed by atoms with van der Waals surface area (Å²) in [6.45, 7) is 3.39. The molecule has 1 fully saturated rings. The highest BCUT2D eigenvalue weighted by atomic mass is 16.7. The Balaban J connectivity index is 1.86. The normalized spacial score (nSPS) is 16.3. The van der Waals surface area contributed by atoms with Gasteiger partial charge in [0.25, 0.3) is 0 Å². The summed E-state index contributed by atoms with van der Waals surface area (Å²) in [5, 5.41) is 4.28. The van der Waals surface area contributed by atoms with Gasteiger partial charge in [0.2, 0.25) is 0 Å². The molecule has 2 aromatic rings. The van der Waals surface area contributed by atoms with Gasteiger partial charge in [0.05, 0.1) is 13.2 Å². The first-order chi connectivity index (χ1) is 8.88. The molecule has 0 spiro atoms. The van der Waals surface area contributed by atoms with Crippen LogP contribution >= 0.6 is 0 Å². The molecule has 3 rings (SSSR count). The van der Waals surface area contributed by atoms with Gasteiger partial charge in [-0.15, -0.1) is 0 Å². The van der Waals surface area contributed by atoms with Gasteiger partial charge in [-0.25, -0.2) is 9.67 Å². The van der Waals surface area contributed by atoms with Crippen LogP contribution in [0.4, 0.5) is 0 Å². The summed E-state index contributed by atoms with van der Waals surface area (Å²) >= 11 is 0. The van der Waals surface area contributed by atoms with E-state index in [1.807, 2.05) is 22.9 Å². The van der Waals surface area contributed by atoms with Crippen molar-refractivity contribution >= 4 is 0 Å². The van der Waals surface area contributed by atoms with Crippen molar-refractivity contribution in [3.8, 4) is 5.82 Å². The lowest BCUT2D eigenvalue weighted by Crippen LogP contribution is -2.05. The van der Waals surface area contributed by atoms with E-state index in [1.165, 1.54) is 0 Å². The van der Waals surface area contributed by atoms with Crippen molar-refractivity contribution in [3.63, 3.8) is 0 Å². The minimum Gasteiger partial charge on any atom is -0.346 e. The number of pyridine rings is 1. The quantitative estimate of drug-likeness (QED) is 0.828. The molecule has 0 N–H and O–H groups in total. The molecule has 0 radical (unpaired) electrons. The van der Waals surface area contributed by atoms with E-state index in [0.29, 0.717) is 13.2 Å². The van der Waals surface area contributed by atoms with E-state index in [1.54, 1.807) is 12.4 Å². The Morgan fingerprint density at radius 2 is 2.11 bits per heavy atom. The van der Waals surface area contributed by atoms with Gasteiger partial charge < -0.3 is 9.47 Å². The summed E-state index contributed by atoms with van der Waals surface area (Å²) in [4.78, 5) is 4.41. The zero-order chi connectivity index (χ0) is 12.4. The van der Waals surface area contributed by atoms with E-state index < -0.39 is 0 Å². The van der Waals surface area contributed by atoms with Crippen LogP contribution in [-0.4, -0.2) is 28.0 Å². The molecule has 2 aromatic heterocycles. The zero-order valence-electron chi connectivity index (χ0n) is 10.2. The first-order valence-corrected chi connectivity index (χ1v) is 6.11. The fraction of sp³-hybridized carbons (Fsp3) is 0.385. The number of rotatable bonds is 3. The molecule has 3 heterocycles. The third-order valence-corrected chi connectivity index (χ3v) is 2.97. The summed E-state index contributed by atoms with van der Waals surface area (Å²) < 4.78 is 12.7. The summed E-state index contributed by atoms with van der Waals surface area (Å²) in [6.07, 6.45) is 4.23. The molecule has 5 heteroatoms. The van der Waals surface area contributed by atoms with Gasteiger partial charge in [-0.1, -0.05) is 6.92 Å². The standard InChI is InChI=1S/C13H15N3O2/c1-2-11-5-6-15-16(11)12-4-3-10(9-14-12)13-17-7-8-18-13/h3-6,9,13H,2,7-8H2,1H3. The molecular formula is C13H15N3O2. The predicted octanol–water partition coefficient (Wildman–Crippen LogP) is 1.88. The molecule has 1 aliphatic rings. The van der Waals surface area contributed by atoms with E-state index in [2.05, 4.69) is 17.0 Å². The molecule has 0 unspecified atom stereocenters. The van der Waals surface area contributed by atoms with Crippen molar-refractivity contribution in [1.82, 2.24) is 14.8 Å². The molecule has 1 aliphatic heterocycles. The second kappa shape index (κ2) is 4.88. The SMILES string of the molecule is CCc1ccnn1-c1ccc(C2OCCO2)cn1. The second-order valence-corrected chi connectivity index (χ2v) is 4.11. The predicted molar refractivity (Wildman–Crippen MR) is 65.4 cm³/mol. The molecule has 94 valence electrons. The fourth-order valence-electron chi connectivity index (χ4n) is 2.02. The monoisotopic (exact) mass is 245 g/mol. The summed E-state index contributed by atoms with van der Waals surface area (Å²) in [5.41, 5.74) is 2.09. The van der Waals surface area contributed by atoms with Crippen LogP contribution in [0.5, 0.6) is 0 Å². The molecule has 0 amide bonds. The van der Waals surface area contributed by atoms with Crippen LogP contribution in [0.15, 0.2) is 30.6 Å². The van der Waals surface area contributed by atoms with Crippen molar-refractivity contribution in [3.05, 3.63) is 41.9 Å². The van der Waals surface area contributed by atoms with E-state index in [9.17, 15) is 0 Å². The van der Waals surface area contributed by atoms with Gasteiger partial charge in [0.1, 0.15) is 0 Å². The van der Waals surface area contributed by atoms with Gasteiger partial charge in [0.15, 0.2) is 12.1 Å². The van der Waals surface area contributed by atoms with Gasteiger partial charge in [-0.05, 0) is 24.6 Å². The minimum absolute atomic E-state index is 0.269. The van der Waals surface area contributed by atoms with Crippen molar-refractivity contribution in [1.29, 1.82) is 0 Å². The molecule has 0 aliphatic carbocycles. The number of hydrogen-bond acceptors (Lipinski definition) is 4. The van der Waals surface area contributed by atoms with Crippen molar-refractivity contribution < 1.29 is 9.47 Å². The highest BCUT2D eigenvalue weighted by Crippen LogP contribution is 2.22. The van der Waals surface area contributed by atoms with Crippen molar-refractivity contribution in [2.45, 2.75) is 19.6 Å². The average molecular weight is 245 g/mol. The fourth-order valence-corrected chi connectivity index (χ4v) is 2.02. The Morgan fingerprint density at radius 3 is 2.78 bits per heavy atom. The van der Waals surface area contributed by atoms with Gasteiger partial charge in [-0.3, -0.25) is 0 Å². The smallest absolute Gasteiger partial charge is 0.185 e. The lowest BCUT2D eigenvalue weighted by molar-refractivity contribution is -0.0443. The first-order valence-electron chi connectivity index (χ1n) is 6.11. The summed E-state index contributed by atoms with van der Waals surface area (Å²) in [6, 6.07) is 5.91. The van der Waals surface area contributed by atoms with Gasteiger partial charge >= 0.3 is 0 Å². The molecule has 0 aromatic carbocycles. The van der Waals surface area contributed by atoms with Crippen molar-refractivity contribution in [2.24, 2.45) is 0 Å². The Kier molecular flexibility index (Phi) is 3.08. The third-order valence-electron chi connectivity index (χ3n) is 2.97. The Hall–Kier alpha value is -1.72. The van der Waals surface area contributed by atoms with E-state index in [-0.39, 0.29) is 6.29 Å². The maximum absolute atomic E-state index is 5.43. The lowest BCUT2D eigenvalue weighted by atomic mass is 10.2. The molecule has 0 atom stereocenters. The molecule has 1 saturated heterocycles. The Bertz CT molecular complexity index is 515. The third kappa shape index (κ3) is 2.02. The zero-order valence-corrected chi connectivity index (χ0v) is 10.2. The molecule has 18 heavy (non-hydrogen) atoms. The Labute approximate surface area is 105 Å². The average Bonchev–Trinajstić information content (AvgIpc) is 3.10. The Morgan fingerprint density at radius 1 is 1.28 bits per heavy atom. The number of nitrogens with zero attached hydrogens (tertiary/aromatic N) is 3. The second-order valence-electron chi connectivity index (χ2n) is 4.11. The van der Waals surface area contributed by atoms with Crippen LogP contribution < -0.4 is 0 Å². The maximum Gasteiger partial charge on any atom is 0.185 e. The van der Waals surface area contributed by atoms with Crippen LogP contribution in [0.2, 0.25) is 0 Å². The summed E-state index contributed by atoms with van der Waals surface area (Å²) in [7, 11) is 0. The van der Waals surface area contributed by atoms with Gasteiger partial charge in [0, 0.05) is 23.7 Å². The highest BCUT2D eigenvalue weighted by molar-refractivity contribution is 5.27. The molecular weight excluding hydrogens is 230 g/mol. The maximum atomic E-state index is 5.43. The van der Waals surface area contributed by atoms with Crippen LogP contribution in [0, 0.1) is 0 Å². The number of aryl methyl sites for hydroxylation is 1. The first kappa shape index (κ1) is 11.4. The van der Waals surface area contributed by atoms with Crippen LogP contribution in [0.3, 0.4) is 0 Å². The van der Waals surface area contributed by atoms with E-state index >= 15 is 0 Å². The highest BCUT2D eigenvalue weighted by Gasteiger charge is 2.18.